The summed E-state index contributed by atoms with van der Waals surface area (Å²) >= 11 is 1.90. The third kappa shape index (κ3) is 1.35. The van der Waals surface area contributed by atoms with E-state index in [2.05, 4.69) is 24.1 Å². The van der Waals surface area contributed by atoms with E-state index in [1.165, 1.54) is 4.88 Å². The Balaban J connectivity index is 1.19. The summed E-state index contributed by atoms with van der Waals surface area (Å²) < 4.78 is 0. The topological polar surface area (TPSA) is 29.3 Å². The fourth-order valence-electron chi connectivity index (χ4n) is 26.0. The summed E-state index contributed by atoms with van der Waals surface area (Å²) in [7, 11) is 2.55. The van der Waals surface area contributed by atoms with Crippen LogP contribution in [0.25, 0.3) is 291 Å². The Bertz CT molecular complexity index is 7200. The van der Waals surface area contributed by atoms with Crippen LogP contribution in [0.4, 0.5) is 5.00 Å². The van der Waals surface area contributed by atoms with E-state index in [4.69, 9.17) is 5.73 Å². The molecule has 2 nitrogen and oxygen atoms in total. The van der Waals surface area contributed by atoms with Gasteiger partial charge in [0.1, 0.15) is 0 Å². The molecule has 0 saturated carbocycles. The number of benzene rings is 18. The van der Waals surface area contributed by atoms with Crippen molar-refractivity contribution < 1.29 is 0 Å². The molecule has 2 spiro atoms. The Hall–Kier alpha value is -8.08. The van der Waals surface area contributed by atoms with Crippen LogP contribution in [0, 0.1) is 0 Å². The molecular weight excluding hydrogens is 865 g/mol. The standard InChI is InChI=1S/C67H10N2S/c1-69-4-66-61-53-45-35-25-17-9-7-8-11-15-13(9)21-29-23(15)33-27-19(11)20-12(8)16-14-10(7)18(17)26-32-22(14)30-24(16)34-28(20)38-37(27)49-43(33)51-41(29)47(39(45)31(21)25)55(61)57(51)63-59(49)60-50(38)44(34)52-42(30)48-40(32)46(36(26)35)54(53)62(66)56(48)58(52)64(60)67(63,66)65(69)5-2-3-6(68)70-5/h2-3,65H,4,68H2,1H3. The van der Waals surface area contributed by atoms with E-state index in [1.54, 1.807) is 313 Å². The first-order valence-corrected chi connectivity index (χ1v) is 26.9. The fraction of sp³-hybridized carbons (Fsp3) is 0.0746. The largest absolute Gasteiger partial charge is 0.391 e. The summed E-state index contributed by atoms with van der Waals surface area (Å²) in [5, 5.41) is 91.0. The molecule has 34 rings (SSSR count). The second-order valence-electron chi connectivity index (χ2n) is 26.0. The number of likely N-dealkylation sites (tertiary alicyclic amines) is 1. The third-order valence-corrected chi connectivity index (χ3v) is 26.8. The molecule has 1 aromatic heterocycles. The second kappa shape index (κ2) is 5.82. The Morgan fingerprint density at radius 3 is 0.714 bits per heavy atom. The van der Waals surface area contributed by atoms with Gasteiger partial charge in [0.25, 0.3) is 0 Å². The average molecular weight is 875 g/mol. The lowest BCUT2D eigenvalue weighted by molar-refractivity contribution is 0.276. The smallest absolute Gasteiger partial charge is 0.0859 e. The van der Waals surface area contributed by atoms with Crippen molar-refractivity contribution in [1.29, 1.82) is 0 Å². The van der Waals surface area contributed by atoms with Crippen LogP contribution >= 0.6 is 11.3 Å². The zero-order valence-electron chi connectivity index (χ0n) is 35.9. The number of likely N-dealkylation sites (N-methyl/N-ethyl adjacent to an activating group) is 1. The average Bonchev–Trinajstić information content (AvgIpc) is 4.33. The molecule has 4 aliphatic carbocycles. The molecule has 1 aliphatic heterocycles. The van der Waals surface area contributed by atoms with Crippen molar-refractivity contribution in [2.24, 2.45) is 0 Å². The molecule has 3 heteroatoms. The highest BCUT2D eigenvalue weighted by molar-refractivity contribution is 7.16. The molecule has 2 N–H and O–H groups in total. The van der Waals surface area contributed by atoms with Gasteiger partial charge in [-0.3, -0.25) is 4.90 Å². The zero-order chi connectivity index (χ0) is 41.6. The molecule has 70 heavy (non-hydrogen) atoms. The maximum atomic E-state index is 6.99. The fourth-order valence-corrected chi connectivity index (χ4v) is 27.0. The quantitative estimate of drug-likeness (QED) is 0.167. The predicted molar refractivity (Wildman–Crippen MR) is 298 cm³/mol. The lowest BCUT2D eigenvalue weighted by Crippen LogP contribution is -2.51. The van der Waals surface area contributed by atoms with Gasteiger partial charge in [-0.15, -0.1) is 11.3 Å². The van der Waals surface area contributed by atoms with E-state index >= 15 is 0 Å². The van der Waals surface area contributed by atoms with Crippen molar-refractivity contribution >= 4 is 307 Å². The number of nitrogens with zero attached hydrogens (tertiary/aromatic N) is 1. The van der Waals surface area contributed by atoms with E-state index < -0.39 is 0 Å². The summed E-state index contributed by atoms with van der Waals surface area (Å²) in [6.45, 7) is 1.03. The maximum Gasteiger partial charge on any atom is 0.0859 e. The van der Waals surface area contributed by atoms with Crippen molar-refractivity contribution in [2.75, 3.05) is 19.3 Å². The van der Waals surface area contributed by atoms with E-state index in [9.17, 15) is 0 Å². The molecule has 28 aromatic carbocycles. The summed E-state index contributed by atoms with van der Waals surface area (Å²) in [6.07, 6.45) is 0. The summed E-state index contributed by atoms with van der Waals surface area (Å²) in [5.74, 6) is 0. The van der Waals surface area contributed by atoms with Crippen molar-refractivity contribution in [3.05, 3.63) is 39.3 Å². The number of nitrogen functional groups attached to an aromatic ring is 1. The number of thiophene rings is 1. The molecule has 1 unspecified atom stereocenters. The number of hydrogen-bond acceptors (Lipinski definition) is 3. The first-order valence-electron chi connectivity index (χ1n) is 26.1. The Morgan fingerprint density at radius 2 is 0.514 bits per heavy atom. The van der Waals surface area contributed by atoms with Crippen molar-refractivity contribution in [3.8, 4) is 0 Å². The minimum Gasteiger partial charge on any atom is -0.391 e. The van der Waals surface area contributed by atoms with Crippen LogP contribution in [0.5, 0.6) is 0 Å². The van der Waals surface area contributed by atoms with Gasteiger partial charge >= 0.3 is 0 Å². The molecule has 0 amide bonds. The predicted octanol–water partition coefficient (Wildman–Crippen LogP) is 17.6. The van der Waals surface area contributed by atoms with E-state index in [-0.39, 0.29) is 16.9 Å². The van der Waals surface area contributed by atoms with Crippen LogP contribution in [-0.2, 0) is 10.8 Å². The Morgan fingerprint density at radius 1 is 0.314 bits per heavy atom. The third-order valence-electron chi connectivity index (χ3n) is 25.8. The number of rotatable bonds is 1. The SMILES string of the molecule is CN1CC23c4c5c6c7c8c9c(c%10c%11c2c2c4c4c%12c5c5c6c6c8c8c%13c9c9c%10c%10c%11c%11c2c2c4c4c%12c%12c5c5c6c8c6c8c%13c9c9c%10c%10c%11c2c2c4c4c%12c5c6c5c8c9c%10c2c45)C73C1c1ccc(N)s1. The van der Waals surface area contributed by atoms with Crippen molar-refractivity contribution in [2.45, 2.75) is 16.9 Å². The highest BCUT2D eigenvalue weighted by atomic mass is 32.1. The van der Waals surface area contributed by atoms with Gasteiger partial charge in [-0.25, -0.2) is 0 Å². The summed E-state index contributed by atoms with van der Waals surface area (Å²) in [4.78, 5) is 4.38. The molecule has 1 saturated heterocycles. The number of anilines is 1. The van der Waals surface area contributed by atoms with Crippen LogP contribution in [0.3, 0.4) is 0 Å². The number of nitrogens with two attached hydrogens (primary N) is 1. The van der Waals surface area contributed by atoms with Gasteiger partial charge in [-0.1, -0.05) is 0 Å². The Kier molecular flexibility index (Phi) is 2.16. The van der Waals surface area contributed by atoms with E-state index in [0.717, 1.165) is 11.5 Å². The monoisotopic (exact) mass is 874 g/mol. The zero-order valence-corrected chi connectivity index (χ0v) is 36.7. The molecule has 5 aliphatic rings. The first kappa shape index (κ1) is 26.1. The first-order chi connectivity index (χ1) is 34.7. The van der Waals surface area contributed by atoms with Gasteiger partial charge in [-0.2, -0.15) is 0 Å². The highest BCUT2D eigenvalue weighted by Crippen LogP contribution is 2.87. The van der Waals surface area contributed by atoms with Crippen LogP contribution in [0.2, 0.25) is 0 Å². The van der Waals surface area contributed by atoms with Crippen LogP contribution in [-0.4, -0.2) is 18.5 Å². The summed E-state index contributed by atoms with van der Waals surface area (Å²) in [5.41, 5.74) is 13.5. The van der Waals surface area contributed by atoms with Gasteiger partial charge < -0.3 is 5.73 Å². The Labute approximate surface area is 385 Å². The van der Waals surface area contributed by atoms with E-state index in [0.29, 0.717) is 0 Å². The molecule has 1 atom stereocenters. The van der Waals surface area contributed by atoms with Gasteiger partial charge in [0.15, 0.2) is 0 Å². The normalized spacial score (nSPS) is 24.0. The highest BCUT2D eigenvalue weighted by Gasteiger charge is 2.76. The van der Waals surface area contributed by atoms with Gasteiger partial charge in [0.2, 0.25) is 0 Å². The van der Waals surface area contributed by atoms with Crippen LogP contribution in [0.1, 0.15) is 33.2 Å². The molecule has 2 heterocycles. The number of hydrogen-bond donors (Lipinski definition) is 1. The van der Waals surface area contributed by atoms with Gasteiger partial charge in [0.05, 0.1) is 21.9 Å². The van der Waals surface area contributed by atoms with Crippen molar-refractivity contribution in [3.63, 3.8) is 0 Å². The van der Waals surface area contributed by atoms with Crippen LogP contribution < -0.4 is 5.73 Å². The maximum absolute atomic E-state index is 6.99. The van der Waals surface area contributed by atoms with Gasteiger partial charge in [0, 0.05) is 11.4 Å². The molecule has 0 bridgehead atoms. The molecule has 294 valence electrons. The van der Waals surface area contributed by atoms with Crippen molar-refractivity contribution in [1.82, 2.24) is 4.90 Å². The summed E-state index contributed by atoms with van der Waals surface area (Å²) in [6, 6.07) is 4.89. The minimum absolute atomic E-state index is 0.158. The van der Waals surface area contributed by atoms with Gasteiger partial charge in [-0.05, 0) is 332 Å². The second-order valence-corrected chi connectivity index (χ2v) is 27.2. The lowest BCUT2D eigenvalue weighted by Gasteiger charge is -2.52. The van der Waals surface area contributed by atoms with Crippen LogP contribution in [0.15, 0.2) is 12.1 Å². The molecule has 29 aromatic rings. The lowest BCUT2D eigenvalue weighted by atomic mass is 9.48. The molecular formula is C67H10N2S. The molecule has 1 fully saturated rings. The van der Waals surface area contributed by atoms with E-state index in [1.807, 2.05) is 11.3 Å². The molecule has 0 radical (unpaired) electrons. The minimum atomic E-state index is -0.315.